The Hall–Kier alpha value is -2.33. The number of unbranched alkanes of at least 4 members (excludes halogenated alkanes) is 2. The minimum atomic E-state index is -0.408. The van der Waals surface area contributed by atoms with Gasteiger partial charge in [0, 0.05) is 11.1 Å². The van der Waals surface area contributed by atoms with Gasteiger partial charge in [-0.25, -0.2) is 0 Å². The van der Waals surface area contributed by atoms with Gasteiger partial charge in [0.1, 0.15) is 0 Å². The highest BCUT2D eigenvalue weighted by Gasteiger charge is 2.33. The Morgan fingerprint density at radius 1 is 1.26 bits per heavy atom. The number of benzene rings is 1. The minimum absolute atomic E-state index is 0.121. The second-order valence-electron chi connectivity index (χ2n) is 5.99. The Morgan fingerprint density at radius 2 is 2.04 bits per heavy atom. The second-order valence-corrected chi connectivity index (χ2v) is 5.99. The Kier molecular flexibility index (Phi) is 6.18. The zero-order valence-corrected chi connectivity index (χ0v) is 13.8. The molecular weight excluding hydrogens is 280 g/mol. The Morgan fingerprint density at radius 3 is 2.65 bits per heavy atom. The number of rotatable bonds is 6. The molecule has 1 atom stereocenters. The molecule has 0 heterocycles. The van der Waals surface area contributed by atoms with Crippen LogP contribution in [0.15, 0.2) is 66.8 Å². The van der Waals surface area contributed by atoms with Crippen LogP contribution in [0, 0.1) is 17.3 Å². The van der Waals surface area contributed by atoms with Crippen LogP contribution in [0.2, 0.25) is 0 Å². The van der Waals surface area contributed by atoms with Crippen molar-refractivity contribution in [3.8, 4) is 11.8 Å². The van der Waals surface area contributed by atoms with Gasteiger partial charge in [-0.05, 0) is 37.1 Å². The lowest BCUT2D eigenvalue weighted by Gasteiger charge is -2.29. The average Bonchev–Trinajstić information content (AvgIpc) is 2.61. The van der Waals surface area contributed by atoms with Crippen molar-refractivity contribution in [3.05, 3.63) is 72.4 Å². The topological polar surface area (TPSA) is 17.1 Å². The van der Waals surface area contributed by atoms with Crippen molar-refractivity contribution < 1.29 is 4.79 Å². The van der Waals surface area contributed by atoms with Crippen molar-refractivity contribution in [3.63, 3.8) is 0 Å². The van der Waals surface area contributed by atoms with Crippen molar-refractivity contribution in [2.24, 2.45) is 5.41 Å². The fourth-order valence-corrected chi connectivity index (χ4v) is 2.82. The van der Waals surface area contributed by atoms with Gasteiger partial charge in [-0.2, -0.15) is 0 Å². The molecule has 1 nitrogen and oxygen atoms in total. The van der Waals surface area contributed by atoms with E-state index < -0.39 is 5.41 Å². The van der Waals surface area contributed by atoms with E-state index in [1.165, 1.54) is 6.08 Å². The van der Waals surface area contributed by atoms with E-state index in [2.05, 4.69) is 31.4 Å². The Bertz CT molecular complexity index is 667. The zero-order valence-electron chi connectivity index (χ0n) is 13.8. The molecule has 0 bridgehead atoms. The SMILES string of the molecule is C=CC(=O)C1(CCCCC)C=CC(C#Cc2ccccc2)=CC1. The molecule has 0 N–H and O–H groups in total. The third kappa shape index (κ3) is 4.57. The number of carbonyl (C=O) groups is 1. The molecule has 0 aliphatic heterocycles. The third-order valence-corrected chi connectivity index (χ3v) is 4.30. The lowest BCUT2D eigenvalue weighted by atomic mass is 9.73. The smallest absolute Gasteiger partial charge is 0.165 e. The lowest BCUT2D eigenvalue weighted by molar-refractivity contribution is -0.121. The highest BCUT2D eigenvalue weighted by molar-refractivity contribution is 5.96. The van der Waals surface area contributed by atoms with E-state index in [0.29, 0.717) is 0 Å². The predicted octanol–water partition coefficient (Wildman–Crippen LogP) is 5.25. The maximum Gasteiger partial charge on any atom is 0.165 e. The van der Waals surface area contributed by atoms with E-state index in [0.717, 1.165) is 43.2 Å². The van der Waals surface area contributed by atoms with Crippen molar-refractivity contribution in [2.75, 3.05) is 0 Å². The first-order valence-corrected chi connectivity index (χ1v) is 8.33. The van der Waals surface area contributed by atoms with Gasteiger partial charge in [-0.15, -0.1) is 0 Å². The molecule has 2 rings (SSSR count). The number of hydrogen-bond acceptors (Lipinski definition) is 1. The molecule has 0 saturated carbocycles. The van der Waals surface area contributed by atoms with E-state index in [4.69, 9.17) is 0 Å². The van der Waals surface area contributed by atoms with Gasteiger partial charge < -0.3 is 0 Å². The van der Waals surface area contributed by atoms with Crippen molar-refractivity contribution >= 4 is 5.78 Å². The number of carbonyl (C=O) groups excluding carboxylic acids is 1. The van der Waals surface area contributed by atoms with Crippen LogP contribution >= 0.6 is 0 Å². The zero-order chi connectivity index (χ0) is 16.5. The van der Waals surface area contributed by atoms with E-state index in [1.807, 2.05) is 42.5 Å². The van der Waals surface area contributed by atoms with Crippen LogP contribution in [0.25, 0.3) is 0 Å². The van der Waals surface area contributed by atoms with Crippen LogP contribution in [0.3, 0.4) is 0 Å². The summed E-state index contributed by atoms with van der Waals surface area (Å²) in [4.78, 5) is 12.3. The second kappa shape index (κ2) is 8.34. The van der Waals surface area contributed by atoms with Gasteiger partial charge in [-0.3, -0.25) is 4.79 Å². The van der Waals surface area contributed by atoms with Crippen molar-refractivity contribution in [1.29, 1.82) is 0 Å². The fraction of sp³-hybridized carbons (Fsp3) is 0.318. The summed E-state index contributed by atoms with van der Waals surface area (Å²) in [6.07, 6.45) is 12.6. The lowest BCUT2D eigenvalue weighted by Crippen LogP contribution is -2.28. The number of ketones is 1. The highest BCUT2D eigenvalue weighted by Crippen LogP contribution is 2.36. The van der Waals surface area contributed by atoms with E-state index in [9.17, 15) is 4.79 Å². The van der Waals surface area contributed by atoms with Gasteiger partial charge in [0.2, 0.25) is 0 Å². The predicted molar refractivity (Wildman–Crippen MR) is 96.9 cm³/mol. The van der Waals surface area contributed by atoms with Gasteiger partial charge in [0.25, 0.3) is 0 Å². The quantitative estimate of drug-likeness (QED) is 0.399. The average molecular weight is 304 g/mol. The normalized spacial score (nSPS) is 19.4. The van der Waals surface area contributed by atoms with E-state index in [-0.39, 0.29) is 5.78 Å². The molecule has 1 heteroatoms. The van der Waals surface area contributed by atoms with Crippen LogP contribution in [0.1, 0.15) is 44.6 Å². The summed E-state index contributed by atoms with van der Waals surface area (Å²) >= 11 is 0. The van der Waals surface area contributed by atoms with Gasteiger partial charge in [0.15, 0.2) is 5.78 Å². The first kappa shape index (κ1) is 17.0. The Labute approximate surface area is 139 Å². The summed E-state index contributed by atoms with van der Waals surface area (Å²) in [7, 11) is 0. The van der Waals surface area contributed by atoms with Crippen LogP contribution in [0.4, 0.5) is 0 Å². The summed E-state index contributed by atoms with van der Waals surface area (Å²) in [6, 6.07) is 9.94. The first-order chi connectivity index (χ1) is 11.2. The molecule has 1 aromatic carbocycles. The molecule has 1 aromatic rings. The maximum absolute atomic E-state index is 12.3. The summed E-state index contributed by atoms with van der Waals surface area (Å²) in [5.41, 5.74) is 1.58. The number of allylic oxidation sites excluding steroid dienone is 5. The molecular formula is C22H24O. The molecule has 0 fully saturated rings. The van der Waals surface area contributed by atoms with Gasteiger partial charge in [0.05, 0.1) is 5.41 Å². The molecule has 1 unspecified atom stereocenters. The standard InChI is InChI=1S/C22H24O/c1-3-5-9-16-22(21(23)4-2)17-14-20(15-18-22)13-12-19-10-7-6-8-11-19/h4,6-8,10-11,14-15,17H,2-3,5,9,16,18H2,1H3. The Balaban J connectivity index is 2.10. The van der Waals surface area contributed by atoms with E-state index >= 15 is 0 Å². The van der Waals surface area contributed by atoms with Gasteiger partial charge in [-0.1, -0.05) is 75.0 Å². The monoisotopic (exact) mass is 304 g/mol. The third-order valence-electron chi connectivity index (χ3n) is 4.30. The molecule has 1 aliphatic rings. The molecule has 23 heavy (non-hydrogen) atoms. The highest BCUT2D eigenvalue weighted by atomic mass is 16.1. The summed E-state index contributed by atoms with van der Waals surface area (Å²) in [6.45, 7) is 5.85. The van der Waals surface area contributed by atoms with Gasteiger partial charge >= 0.3 is 0 Å². The van der Waals surface area contributed by atoms with Crippen molar-refractivity contribution in [1.82, 2.24) is 0 Å². The summed E-state index contributed by atoms with van der Waals surface area (Å²) in [5, 5.41) is 0. The number of hydrogen-bond donors (Lipinski definition) is 0. The summed E-state index contributed by atoms with van der Waals surface area (Å²) < 4.78 is 0. The molecule has 0 spiro atoms. The first-order valence-electron chi connectivity index (χ1n) is 8.33. The molecule has 1 aliphatic carbocycles. The van der Waals surface area contributed by atoms with Crippen LogP contribution in [-0.2, 0) is 4.79 Å². The van der Waals surface area contributed by atoms with Crippen LogP contribution < -0.4 is 0 Å². The molecule has 0 radical (unpaired) electrons. The van der Waals surface area contributed by atoms with Crippen molar-refractivity contribution in [2.45, 2.75) is 39.0 Å². The van der Waals surface area contributed by atoms with E-state index in [1.54, 1.807) is 0 Å². The fourth-order valence-electron chi connectivity index (χ4n) is 2.82. The maximum atomic E-state index is 12.3. The van der Waals surface area contributed by atoms with Crippen LogP contribution in [-0.4, -0.2) is 5.78 Å². The molecule has 118 valence electrons. The largest absolute Gasteiger partial charge is 0.294 e. The van der Waals surface area contributed by atoms with Crippen LogP contribution in [0.5, 0.6) is 0 Å². The molecule has 0 saturated heterocycles. The summed E-state index contributed by atoms with van der Waals surface area (Å²) in [5.74, 6) is 6.47. The molecule has 0 amide bonds. The minimum Gasteiger partial charge on any atom is -0.294 e. The molecule has 0 aromatic heterocycles.